The zero-order chi connectivity index (χ0) is 19.5. The van der Waals surface area contributed by atoms with Gasteiger partial charge in [-0.05, 0) is 70.1 Å². The molecule has 1 aromatic carbocycles. The predicted octanol–water partition coefficient (Wildman–Crippen LogP) is 3.50. The molecule has 4 rings (SSSR count). The Labute approximate surface area is 165 Å². The third-order valence-corrected chi connectivity index (χ3v) is 5.79. The van der Waals surface area contributed by atoms with Crippen LogP contribution >= 0.6 is 0 Å². The zero-order valence-corrected chi connectivity index (χ0v) is 16.4. The maximum atomic E-state index is 12.1. The molecule has 2 aliphatic carbocycles. The van der Waals surface area contributed by atoms with Crippen molar-refractivity contribution >= 4 is 22.5 Å². The second kappa shape index (κ2) is 8.35. The number of aryl methyl sites for hydroxylation is 1. The molecular weight excluding hydrogens is 354 g/mol. The lowest BCUT2D eigenvalue weighted by Crippen LogP contribution is -2.42. The molecule has 1 amide bonds. The molecule has 6 nitrogen and oxygen atoms in total. The second-order valence-electron chi connectivity index (χ2n) is 8.03. The maximum Gasteiger partial charge on any atom is 0.246 e. The third-order valence-electron chi connectivity index (χ3n) is 5.79. The first-order chi connectivity index (χ1) is 13.6. The van der Waals surface area contributed by atoms with Gasteiger partial charge in [0.05, 0.1) is 23.1 Å². The Kier molecular flexibility index (Phi) is 5.67. The monoisotopic (exact) mass is 383 g/mol. The van der Waals surface area contributed by atoms with Crippen molar-refractivity contribution in [3.63, 3.8) is 0 Å². The summed E-state index contributed by atoms with van der Waals surface area (Å²) in [7, 11) is 0. The van der Waals surface area contributed by atoms with Gasteiger partial charge in [-0.2, -0.15) is 0 Å². The average Bonchev–Trinajstić information content (AvgIpc) is 2.61. The van der Waals surface area contributed by atoms with Gasteiger partial charge in [0, 0.05) is 17.4 Å². The van der Waals surface area contributed by atoms with E-state index in [4.69, 9.17) is 15.2 Å². The number of hydrogen-bond acceptors (Lipinski definition) is 5. The van der Waals surface area contributed by atoms with Crippen molar-refractivity contribution in [1.29, 1.82) is 0 Å². The Morgan fingerprint density at radius 2 is 1.96 bits per heavy atom. The number of rotatable bonds is 6. The molecule has 3 N–H and O–H groups in total. The van der Waals surface area contributed by atoms with E-state index in [1.165, 1.54) is 6.42 Å². The Morgan fingerprint density at radius 3 is 2.68 bits per heavy atom. The standard InChI is InChI=1S/C22H29N3O3/c1-14-12-18(23)22-19(24-14)6-3-7-20(22)28-17-10-8-15(9-11-17)25-21(26)13-27-16-4-2-5-16/h3,6-7,12,15-17H,2,4-5,8-11,13H2,1H3,(H2,23,24)(H,25,26). The van der Waals surface area contributed by atoms with Gasteiger partial charge < -0.3 is 20.5 Å². The van der Waals surface area contributed by atoms with E-state index < -0.39 is 0 Å². The summed E-state index contributed by atoms with van der Waals surface area (Å²) in [6.07, 6.45) is 7.46. The van der Waals surface area contributed by atoms with Crippen LogP contribution in [-0.2, 0) is 9.53 Å². The zero-order valence-electron chi connectivity index (χ0n) is 16.4. The Balaban J connectivity index is 1.30. The summed E-state index contributed by atoms with van der Waals surface area (Å²) < 4.78 is 11.9. The van der Waals surface area contributed by atoms with Crippen LogP contribution < -0.4 is 15.8 Å². The number of carbonyl (C=O) groups is 1. The van der Waals surface area contributed by atoms with Gasteiger partial charge >= 0.3 is 0 Å². The largest absolute Gasteiger partial charge is 0.490 e. The van der Waals surface area contributed by atoms with Crippen molar-refractivity contribution in [2.75, 3.05) is 12.3 Å². The number of fused-ring (bicyclic) bond motifs is 1. The molecule has 0 atom stereocenters. The van der Waals surface area contributed by atoms with Gasteiger partial charge in [0.25, 0.3) is 0 Å². The highest BCUT2D eigenvalue weighted by Gasteiger charge is 2.25. The molecule has 0 aliphatic heterocycles. The SMILES string of the molecule is Cc1cc(N)c2c(OC3CCC(NC(=O)COC4CCC4)CC3)cccc2n1. The summed E-state index contributed by atoms with van der Waals surface area (Å²) in [4.78, 5) is 16.6. The molecule has 0 saturated heterocycles. The van der Waals surface area contributed by atoms with E-state index in [1.54, 1.807) is 0 Å². The number of ether oxygens (including phenoxy) is 2. The van der Waals surface area contributed by atoms with Crippen molar-refractivity contribution in [1.82, 2.24) is 10.3 Å². The number of nitrogens with zero attached hydrogens (tertiary/aromatic N) is 1. The maximum absolute atomic E-state index is 12.1. The van der Waals surface area contributed by atoms with Crippen molar-refractivity contribution in [3.05, 3.63) is 30.0 Å². The number of aromatic nitrogens is 1. The Hall–Kier alpha value is -2.34. The fourth-order valence-electron chi connectivity index (χ4n) is 4.03. The molecule has 0 spiro atoms. The van der Waals surface area contributed by atoms with Gasteiger partial charge in [0.2, 0.25) is 5.91 Å². The number of nitrogens with two attached hydrogens (primary N) is 1. The fourth-order valence-corrected chi connectivity index (χ4v) is 4.03. The highest BCUT2D eigenvalue weighted by molar-refractivity contribution is 5.95. The average molecular weight is 383 g/mol. The van der Waals surface area contributed by atoms with E-state index in [1.807, 2.05) is 31.2 Å². The van der Waals surface area contributed by atoms with Crippen LogP contribution in [0, 0.1) is 6.92 Å². The van der Waals surface area contributed by atoms with Gasteiger partial charge in [-0.15, -0.1) is 0 Å². The molecule has 150 valence electrons. The van der Waals surface area contributed by atoms with E-state index in [2.05, 4.69) is 10.3 Å². The van der Waals surface area contributed by atoms with E-state index in [-0.39, 0.29) is 24.7 Å². The van der Waals surface area contributed by atoms with Crippen molar-refractivity contribution < 1.29 is 14.3 Å². The molecule has 2 fully saturated rings. The molecule has 0 bridgehead atoms. The second-order valence-corrected chi connectivity index (χ2v) is 8.03. The summed E-state index contributed by atoms with van der Waals surface area (Å²) in [6, 6.07) is 7.97. The molecule has 6 heteroatoms. The number of benzene rings is 1. The summed E-state index contributed by atoms with van der Waals surface area (Å²) in [5, 5.41) is 3.99. The number of nitrogen functional groups attached to an aromatic ring is 1. The normalized spacial score (nSPS) is 22.6. The molecule has 0 unspecified atom stereocenters. The van der Waals surface area contributed by atoms with Crippen LogP contribution in [0.2, 0.25) is 0 Å². The summed E-state index contributed by atoms with van der Waals surface area (Å²) in [6.45, 7) is 2.12. The highest BCUT2D eigenvalue weighted by Crippen LogP contribution is 2.33. The van der Waals surface area contributed by atoms with Gasteiger partial charge in [-0.1, -0.05) is 6.07 Å². The number of hydrogen-bond donors (Lipinski definition) is 2. The minimum Gasteiger partial charge on any atom is -0.490 e. The van der Waals surface area contributed by atoms with Gasteiger partial charge in [0.15, 0.2) is 0 Å². The van der Waals surface area contributed by atoms with Gasteiger partial charge in [-0.25, -0.2) is 0 Å². The lowest BCUT2D eigenvalue weighted by atomic mass is 9.93. The lowest BCUT2D eigenvalue weighted by Gasteiger charge is -2.30. The van der Waals surface area contributed by atoms with Crippen LogP contribution in [0.5, 0.6) is 5.75 Å². The van der Waals surface area contributed by atoms with E-state index in [0.717, 1.165) is 60.9 Å². The quantitative estimate of drug-likeness (QED) is 0.797. The van der Waals surface area contributed by atoms with Crippen molar-refractivity contribution in [2.45, 2.75) is 70.1 Å². The summed E-state index contributed by atoms with van der Waals surface area (Å²) >= 11 is 0. The summed E-state index contributed by atoms with van der Waals surface area (Å²) in [5.41, 5.74) is 8.69. The van der Waals surface area contributed by atoms with Crippen LogP contribution in [0.1, 0.15) is 50.6 Å². The molecular formula is C22H29N3O3. The molecule has 2 aromatic rings. The van der Waals surface area contributed by atoms with Crippen LogP contribution in [0.3, 0.4) is 0 Å². The number of pyridine rings is 1. The number of carbonyl (C=O) groups excluding carboxylic acids is 1. The minimum atomic E-state index is -0.000426. The molecule has 2 aliphatic rings. The molecule has 1 heterocycles. The minimum absolute atomic E-state index is 0.000426. The topological polar surface area (TPSA) is 86.5 Å². The van der Waals surface area contributed by atoms with Crippen LogP contribution in [0.4, 0.5) is 5.69 Å². The smallest absolute Gasteiger partial charge is 0.246 e. The lowest BCUT2D eigenvalue weighted by molar-refractivity contribution is -0.130. The number of amides is 1. The summed E-state index contributed by atoms with van der Waals surface area (Å²) in [5.74, 6) is 0.795. The van der Waals surface area contributed by atoms with Crippen molar-refractivity contribution in [2.24, 2.45) is 0 Å². The van der Waals surface area contributed by atoms with Crippen LogP contribution in [0.15, 0.2) is 24.3 Å². The fraction of sp³-hybridized carbons (Fsp3) is 0.545. The molecule has 0 radical (unpaired) electrons. The predicted molar refractivity (Wildman–Crippen MR) is 109 cm³/mol. The van der Waals surface area contributed by atoms with Gasteiger partial charge in [-0.3, -0.25) is 9.78 Å². The Bertz CT molecular complexity index is 842. The van der Waals surface area contributed by atoms with Crippen LogP contribution in [-0.4, -0.2) is 35.7 Å². The number of nitrogens with one attached hydrogen (secondary N) is 1. The first kappa shape index (κ1) is 19.0. The highest BCUT2D eigenvalue weighted by atomic mass is 16.5. The molecule has 1 aromatic heterocycles. The number of anilines is 1. The van der Waals surface area contributed by atoms with E-state index >= 15 is 0 Å². The Morgan fingerprint density at radius 1 is 1.18 bits per heavy atom. The van der Waals surface area contributed by atoms with E-state index in [0.29, 0.717) is 11.8 Å². The van der Waals surface area contributed by atoms with Crippen LogP contribution in [0.25, 0.3) is 10.9 Å². The molecule has 2 saturated carbocycles. The first-order valence-electron chi connectivity index (χ1n) is 10.3. The first-order valence-corrected chi connectivity index (χ1v) is 10.3. The third kappa shape index (κ3) is 4.38. The van der Waals surface area contributed by atoms with Gasteiger partial charge in [0.1, 0.15) is 12.4 Å². The van der Waals surface area contributed by atoms with E-state index in [9.17, 15) is 4.79 Å². The van der Waals surface area contributed by atoms with Crippen molar-refractivity contribution in [3.8, 4) is 5.75 Å². The molecule has 28 heavy (non-hydrogen) atoms.